The Kier molecular flexibility index (Phi) is 5.19. The minimum atomic E-state index is -0.358. The first-order valence-corrected chi connectivity index (χ1v) is 8.58. The maximum atomic E-state index is 12.4. The van der Waals surface area contributed by atoms with Crippen LogP contribution in [-0.2, 0) is 11.3 Å². The number of anilines is 1. The van der Waals surface area contributed by atoms with E-state index in [0.29, 0.717) is 23.7 Å². The van der Waals surface area contributed by atoms with Gasteiger partial charge in [-0.2, -0.15) is 0 Å². The molecule has 0 spiro atoms. The number of carbonyl (C=O) groups excluding carboxylic acids is 1. The molecule has 0 saturated carbocycles. The minimum Gasteiger partial charge on any atom is -0.462 e. The molecule has 0 fully saturated rings. The van der Waals surface area contributed by atoms with Crippen LogP contribution in [0.1, 0.15) is 28.4 Å². The van der Waals surface area contributed by atoms with Gasteiger partial charge in [-0.3, -0.25) is 0 Å². The molecule has 0 amide bonds. The summed E-state index contributed by atoms with van der Waals surface area (Å²) in [6.07, 6.45) is 1.68. The van der Waals surface area contributed by atoms with Crippen molar-refractivity contribution < 1.29 is 14.5 Å². The normalized spacial score (nSPS) is 10.7. The number of aryl methyl sites for hydroxylation is 1. The van der Waals surface area contributed by atoms with Gasteiger partial charge in [0, 0.05) is 12.1 Å². The van der Waals surface area contributed by atoms with Crippen LogP contribution in [0.5, 0.6) is 0 Å². The van der Waals surface area contributed by atoms with Crippen LogP contribution in [-0.4, -0.2) is 12.6 Å². The number of rotatable bonds is 5. The van der Waals surface area contributed by atoms with Crippen LogP contribution in [0.4, 0.5) is 5.69 Å². The van der Waals surface area contributed by atoms with Crippen molar-refractivity contribution in [2.24, 2.45) is 0 Å². The molecule has 25 heavy (non-hydrogen) atoms. The lowest BCUT2D eigenvalue weighted by Crippen LogP contribution is -2.17. The number of fused-ring (bicyclic) bond motifs is 1. The second kappa shape index (κ2) is 7.53. The highest BCUT2D eigenvalue weighted by molar-refractivity contribution is 6.32. The Morgan fingerprint density at radius 1 is 1.20 bits per heavy atom. The molecule has 1 aromatic heterocycles. The van der Waals surface area contributed by atoms with Crippen molar-refractivity contribution in [1.82, 2.24) is 0 Å². The fourth-order valence-corrected chi connectivity index (χ4v) is 2.95. The van der Waals surface area contributed by atoms with E-state index < -0.39 is 0 Å². The molecule has 0 unspecified atom stereocenters. The number of hydrogen-bond donors (Lipinski definition) is 1. The molecule has 0 aliphatic heterocycles. The van der Waals surface area contributed by atoms with Crippen molar-refractivity contribution in [3.05, 3.63) is 70.4 Å². The van der Waals surface area contributed by atoms with Crippen molar-refractivity contribution in [1.29, 1.82) is 0 Å². The SMILES string of the molecule is CCOC(=O)c1c[nH+]c2c(C)c(Cl)ccc2c1NCc1ccccc1. The molecule has 2 N–H and O–H groups in total. The summed E-state index contributed by atoms with van der Waals surface area (Å²) in [6, 6.07) is 13.8. The quantitative estimate of drug-likeness (QED) is 0.690. The summed E-state index contributed by atoms with van der Waals surface area (Å²) in [5.74, 6) is -0.358. The first-order valence-electron chi connectivity index (χ1n) is 8.20. The van der Waals surface area contributed by atoms with Crippen LogP contribution in [0, 0.1) is 6.92 Å². The predicted octanol–water partition coefficient (Wildman–Crippen LogP) is 4.40. The van der Waals surface area contributed by atoms with E-state index in [2.05, 4.69) is 10.3 Å². The van der Waals surface area contributed by atoms with Crippen LogP contribution in [0.2, 0.25) is 5.02 Å². The maximum absolute atomic E-state index is 12.4. The van der Waals surface area contributed by atoms with Gasteiger partial charge in [0.2, 0.25) is 5.52 Å². The summed E-state index contributed by atoms with van der Waals surface area (Å²) in [6.45, 7) is 4.68. The number of ether oxygens (including phenoxy) is 1. The number of nitrogens with one attached hydrogen (secondary N) is 2. The highest BCUT2D eigenvalue weighted by atomic mass is 35.5. The highest BCUT2D eigenvalue weighted by Crippen LogP contribution is 2.30. The van der Waals surface area contributed by atoms with Crippen molar-refractivity contribution in [3.63, 3.8) is 0 Å². The maximum Gasteiger partial charge on any atom is 0.346 e. The first-order chi connectivity index (χ1) is 12.1. The van der Waals surface area contributed by atoms with Gasteiger partial charge in [-0.15, -0.1) is 0 Å². The second-order valence-corrected chi connectivity index (χ2v) is 6.14. The summed E-state index contributed by atoms with van der Waals surface area (Å²) >= 11 is 6.23. The zero-order valence-corrected chi connectivity index (χ0v) is 15.0. The smallest absolute Gasteiger partial charge is 0.346 e. The fraction of sp³-hybridized carbons (Fsp3) is 0.200. The molecule has 0 saturated heterocycles. The second-order valence-electron chi connectivity index (χ2n) is 5.73. The Morgan fingerprint density at radius 3 is 2.68 bits per heavy atom. The Bertz CT molecular complexity index is 910. The zero-order chi connectivity index (χ0) is 17.8. The van der Waals surface area contributed by atoms with E-state index in [1.807, 2.05) is 49.4 Å². The summed E-state index contributed by atoms with van der Waals surface area (Å²) in [7, 11) is 0. The van der Waals surface area contributed by atoms with E-state index in [4.69, 9.17) is 16.3 Å². The molecule has 4 nitrogen and oxygen atoms in total. The Balaban J connectivity index is 2.08. The largest absolute Gasteiger partial charge is 0.462 e. The van der Waals surface area contributed by atoms with E-state index in [1.54, 1.807) is 13.1 Å². The minimum absolute atomic E-state index is 0.328. The lowest BCUT2D eigenvalue weighted by atomic mass is 10.1. The molecule has 2 aromatic carbocycles. The van der Waals surface area contributed by atoms with Crippen molar-refractivity contribution >= 4 is 34.2 Å². The standard InChI is InChI=1S/C20H19ClN2O2/c1-3-25-20(24)16-12-23-18-13(2)17(21)10-9-15(18)19(16)22-11-14-7-5-4-6-8-14/h4-10,12H,3,11H2,1-2H3,(H,22,23)/p+1. The molecule has 1 heterocycles. The molecular weight excluding hydrogens is 336 g/mol. The van der Waals surface area contributed by atoms with Gasteiger partial charge < -0.3 is 10.1 Å². The molecule has 0 aliphatic carbocycles. The molecule has 0 aliphatic rings. The molecule has 3 rings (SSSR count). The summed E-state index contributed by atoms with van der Waals surface area (Å²) in [4.78, 5) is 15.5. The van der Waals surface area contributed by atoms with Gasteiger partial charge in [-0.05, 0) is 31.5 Å². The number of aromatic amines is 1. The number of hydrogen-bond acceptors (Lipinski definition) is 3. The van der Waals surface area contributed by atoms with Crippen LogP contribution >= 0.6 is 11.6 Å². The summed E-state index contributed by atoms with van der Waals surface area (Å²) in [5, 5.41) is 4.98. The van der Waals surface area contributed by atoms with Gasteiger partial charge in [0.05, 0.1) is 22.7 Å². The van der Waals surface area contributed by atoms with Gasteiger partial charge in [0.15, 0.2) is 6.20 Å². The first kappa shape index (κ1) is 17.2. The van der Waals surface area contributed by atoms with E-state index in [0.717, 1.165) is 27.7 Å². The number of H-pyrrole nitrogens is 1. The third-order valence-electron chi connectivity index (χ3n) is 4.11. The van der Waals surface area contributed by atoms with Gasteiger partial charge in [0.25, 0.3) is 0 Å². The average molecular weight is 356 g/mol. The third-order valence-corrected chi connectivity index (χ3v) is 4.52. The zero-order valence-electron chi connectivity index (χ0n) is 14.2. The van der Waals surface area contributed by atoms with Crippen molar-refractivity contribution in [2.75, 3.05) is 11.9 Å². The third kappa shape index (κ3) is 3.59. The fourth-order valence-electron chi connectivity index (χ4n) is 2.79. The van der Waals surface area contributed by atoms with Crippen LogP contribution in [0.3, 0.4) is 0 Å². The van der Waals surface area contributed by atoms with E-state index in [1.165, 1.54) is 0 Å². The number of esters is 1. The number of aromatic nitrogens is 1. The molecule has 3 aromatic rings. The van der Waals surface area contributed by atoms with Crippen molar-refractivity contribution in [2.45, 2.75) is 20.4 Å². The van der Waals surface area contributed by atoms with E-state index >= 15 is 0 Å². The molecule has 5 heteroatoms. The number of pyridine rings is 1. The lowest BCUT2D eigenvalue weighted by molar-refractivity contribution is -0.345. The van der Waals surface area contributed by atoms with Gasteiger partial charge >= 0.3 is 5.97 Å². The van der Waals surface area contributed by atoms with Gasteiger partial charge in [0.1, 0.15) is 5.56 Å². The number of carbonyl (C=O) groups is 1. The Labute approximate surface area is 151 Å². The van der Waals surface area contributed by atoms with Crippen LogP contribution in [0.25, 0.3) is 10.9 Å². The summed E-state index contributed by atoms with van der Waals surface area (Å²) in [5.41, 5.74) is 4.19. The number of benzene rings is 2. The predicted molar refractivity (Wildman–Crippen MR) is 100.0 cm³/mol. The average Bonchev–Trinajstić information content (AvgIpc) is 2.63. The monoisotopic (exact) mass is 355 g/mol. The topological polar surface area (TPSA) is 52.5 Å². The highest BCUT2D eigenvalue weighted by Gasteiger charge is 2.21. The number of halogens is 1. The Morgan fingerprint density at radius 2 is 1.96 bits per heavy atom. The molecule has 0 radical (unpaired) electrons. The molecular formula is C20H20ClN2O2+. The van der Waals surface area contributed by atoms with Crippen molar-refractivity contribution in [3.8, 4) is 0 Å². The summed E-state index contributed by atoms with van der Waals surface area (Å²) < 4.78 is 5.20. The van der Waals surface area contributed by atoms with Gasteiger partial charge in [-0.25, -0.2) is 9.78 Å². The molecule has 0 bridgehead atoms. The van der Waals surface area contributed by atoms with Gasteiger partial charge in [-0.1, -0.05) is 41.9 Å². The molecule has 0 atom stereocenters. The Hall–Kier alpha value is -2.59. The van der Waals surface area contributed by atoms with E-state index in [-0.39, 0.29) is 5.97 Å². The van der Waals surface area contributed by atoms with Crippen LogP contribution < -0.4 is 10.3 Å². The molecule has 128 valence electrons. The lowest BCUT2D eigenvalue weighted by Gasteiger charge is -2.13. The van der Waals surface area contributed by atoms with E-state index in [9.17, 15) is 4.79 Å². The van der Waals surface area contributed by atoms with Crippen LogP contribution in [0.15, 0.2) is 48.7 Å².